The third-order valence-electron chi connectivity index (χ3n) is 4.35. The molecule has 0 bridgehead atoms. The van der Waals surface area contributed by atoms with Gasteiger partial charge in [-0.1, -0.05) is 35.5 Å². The van der Waals surface area contributed by atoms with E-state index in [0.717, 1.165) is 41.6 Å². The standard InChI is InChI=1S/C21H20FN3O4S2/c1-3-12-25-20(27)18(13-19(26)23-16-8-4-14(2)5-9-16)30-21(25)24-31(28,29)17-10-6-15(22)7-11-17/h3-11,18H,1,12-13H2,2H3,(H,23,26)/t18-/m0/s1. The SMILES string of the molecule is C=CCN1C(=O)[C@H](CC(=O)Nc2ccc(C)cc2)SC1=NS(=O)(=O)c1ccc(F)cc1. The van der Waals surface area contributed by atoms with E-state index in [9.17, 15) is 22.4 Å². The zero-order chi connectivity index (χ0) is 22.6. The molecule has 2 aromatic carbocycles. The summed E-state index contributed by atoms with van der Waals surface area (Å²) in [6.07, 6.45) is 1.29. The van der Waals surface area contributed by atoms with Gasteiger partial charge in [-0.05, 0) is 43.3 Å². The van der Waals surface area contributed by atoms with Gasteiger partial charge in [0.15, 0.2) is 5.17 Å². The second kappa shape index (κ2) is 9.44. The fourth-order valence-corrected chi connectivity index (χ4v) is 5.15. The van der Waals surface area contributed by atoms with Crippen molar-refractivity contribution in [3.8, 4) is 0 Å². The zero-order valence-corrected chi connectivity index (χ0v) is 18.2. The van der Waals surface area contributed by atoms with Crippen LogP contribution in [-0.2, 0) is 19.6 Å². The van der Waals surface area contributed by atoms with Crippen LogP contribution >= 0.6 is 11.8 Å². The molecule has 1 N–H and O–H groups in total. The van der Waals surface area contributed by atoms with Gasteiger partial charge in [-0.25, -0.2) is 4.39 Å². The Balaban J connectivity index is 1.78. The molecule has 0 radical (unpaired) electrons. The second-order valence-electron chi connectivity index (χ2n) is 6.77. The maximum Gasteiger partial charge on any atom is 0.284 e. The van der Waals surface area contributed by atoms with Crippen LogP contribution in [0.15, 0.2) is 70.5 Å². The van der Waals surface area contributed by atoms with Crippen LogP contribution in [0.2, 0.25) is 0 Å². The van der Waals surface area contributed by atoms with Crippen LogP contribution in [0.1, 0.15) is 12.0 Å². The number of hydrogen-bond acceptors (Lipinski definition) is 5. The lowest BCUT2D eigenvalue weighted by atomic mass is 10.2. The number of halogens is 1. The van der Waals surface area contributed by atoms with E-state index < -0.39 is 27.0 Å². The van der Waals surface area contributed by atoms with Gasteiger partial charge in [0.25, 0.3) is 10.0 Å². The van der Waals surface area contributed by atoms with Crippen molar-refractivity contribution in [2.45, 2.75) is 23.5 Å². The normalized spacial score (nSPS) is 17.7. The summed E-state index contributed by atoms with van der Waals surface area (Å²) >= 11 is 0.897. The van der Waals surface area contributed by atoms with Gasteiger partial charge >= 0.3 is 0 Å². The first-order chi connectivity index (χ1) is 14.7. The number of carbonyl (C=O) groups excluding carboxylic acids is 2. The molecule has 2 aromatic rings. The number of carbonyl (C=O) groups is 2. The Morgan fingerprint density at radius 2 is 1.87 bits per heavy atom. The fraction of sp³-hybridized carbons (Fsp3) is 0.190. The van der Waals surface area contributed by atoms with Gasteiger partial charge in [0, 0.05) is 18.7 Å². The van der Waals surface area contributed by atoms with E-state index in [1.165, 1.54) is 11.0 Å². The number of sulfonamides is 1. The highest BCUT2D eigenvalue weighted by Crippen LogP contribution is 2.31. The first-order valence-corrected chi connectivity index (χ1v) is 11.6. The Hall–Kier alpha value is -2.98. The molecule has 2 amide bonds. The molecule has 1 heterocycles. The number of benzene rings is 2. The van der Waals surface area contributed by atoms with Crippen LogP contribution in [0.4, 0.5) is 10.1 Å². The van der Waals surface area contributed by atoms with E-state index >= 15 is 0 Å². The minimum Gasteiger partial charge on any atom is -0.326 e. The molecule has 1 fully saturated rings. The first kappa shape index (κ1) is 22.7. The van der Waals surface area contributed by atoms with Crippen molar-refractivity contribution in [3.05, 3.63) is 72.6 Å². The Labute approximate surface area is 184 Å². The summed E-state index contributed by atoms with van der Waals surface area (Å²) in [7, 11) is -4.17. The van der Waals surface area contributed by atoms with Gasteiger partial charge in [-0.15, -0.1) is 11.0 Å². The topological polar surface area (TPSA) is 95.9 Å². The molecule has 0 unspecified atom stereocenters. The first-order valence-electron chi connectivity index (χ1n) is 9.25. The third kappa shape index (κ3) is 5.59. The molecular weight excluding hydrogens is 441 g/mol. The summed E-state index contributed by atoms with van der Waals surface area (Å²) < 4.78 is 42.0. The number of amides is 2. The summed E-state index contributed by atoms with van der Waals surface area (Å²) in [5.74, 6) is -1.39. The largest absolute Gasteiger partial charge is 0.326 e. The number of anilines is 1. The monoisotopic (exact) mass is 461 g/mol. The van der Waals surface area contributed by atoms with Crippen molar-refractivity contribution in [1.82, 2.24) is 4.90 Å². The lowest BCUT2D eigenvalue weighted by Gasteiger charge is -2.13. The summed E-state index contributed by atoms with van der Waals surface area (Å²) in [5.41, 5.74) is 1.64. The molecule has 0 saturated carbocycles. The van der Waals surface area contributed by atoms with Crippen LogP contribution in [0.5, 0.6) is 0 Å². The molecule has 31 heavy (non-hydrogen) atoms. The van der Waals surface area contributed by atoms with Gasteiger partial charge in [0.1, 0.15) is 11.1 Å². The molecule has 3 rings (SSSR count). The van der Waals surface area contributed by atoms with Crippen LogP contribution in [0.3, 0.4) is 0 Å². The number of nitrogens with zero attached hydrogens (tertiary/aromatic N) is 2. The molecule has 1 atom stereocenters. The van der Waals surface area contributed by atoms with E-state index in [0.29, 0.717) is 5.69 Å². The lowest BCUT2D eigenvalue weighted by molar-refractivity contribution is -0.127. The third-order valence-corrected chi connectivity index (χ3v) is 6.92. The van der Waals surface area contributed by atoms with Crippen LogP contribution in [0, 0.1) is 12.7 Å². The minimum atomic E-state index is -4.17. The number of nitrogens with one attached hydrogen (secondary N) is 1. The molecule has 1 aliphatic rings. The maximum atomic E-state index is 13.1. The molecule has 7 nitrogen and oxygen atoms in total. The lowest BCUT2D eigenvalue weighted by Crippen LogP contribution is -2.33. The highest BCUT2D eigenvalue weighted by atomic mass is 32.2. The summed E-state index contributed by atoms with van der Waals surface area (Å²) in [5, 5.41) is 1.84. The van der Waals surface area contributed by atoms with Crippen LogP contribution in [-0.4, -0.2) is 42.1 Å². The number of thioether (sulfide) groups is 1. The van der Waals surface area contributed by atoms with Crippen molar-refractivity contribution >= 4 is 44.5 Å². The molecule has 10 heteroatoms. The Morgan fingerprint density at radius 1 is 1.23 bits per heavy atom. The van der Waals surface area contributed by atoms with Crippen molar-refractivity contribution in [3.63, 3.8) is 0 Å². The van der Waals surface area contributed by atoms with E-state index in [1.807, 2.05) is 19.1 Å². The molecular formula is C21H20FN3O4S2. The van der Waals surface area contributed by atoms with E-state index in [1.54, 1.807) is 12.1 Å². The Bertz CT molecular complexity index is 1130. The fourth-order valence-electron chi connectivity index (χ4n) is 2.79. The summed E-state index contributed by atoms with van der Waals surface area (Å²) in [6, 6.07) is 11.4. The Morgan fingerprint density at radius 3 is 2.48 bits per heavy atom. The predicted molar refractivity (Wildman–Crippen MR) is 119 cm³/mol. The number of rotatable bonds is 7. The van der Waals surface area contributed by atoms with E-state index in [4.69, 9.17) is 0 Å². The number of amidine groups is 1. The number of aryl methyl sites for hydroxylation is 1. The minimum absolute atomic E-state index is 0.0414. The van der Waals surface area contributed by atoms with Gasteiger partial charge in [0.2, 0.25) is 11.8 Å². The second-order valence-corrected chi connectivity index (χ2v) is 9.54. The molecule has 1 aliphatic heterocycles. The summed E-state index contributed by atoms with van der Waals surface area (Å²) in [4.78, 5) is 26.1. The van der Waals surface area contributed by atoms with Gasteiger partial charge < -0.3 is 5.32 Å². The highest BCUT2D eigenvalue weighted by Gasteiger charge is 2.39. The highest BCUT2D eigenvalue weighted by molar-refractivity contribution is 8.16. The van der Waals surface area contributed by atoms with Gasteiger partial charge in [-0.2, -0.15) is 8.42 Å². The molecule has 0 aromatic heterocycles. The average Bonchev–Trinajstić information content (AvgIpc) is 2.98. The summed E-state index contributed by atoms with van der Waals surface area (Å²) in [6.45, 7) is 5.54. The van der Waals surface area contributed by atoms with E-state index in [2.05, 4.69) is 16.3 Å². The molecule has 162 valence electrons. The molecule has 0 spiro atoms. The van der Waals surface area contributed by atoms with Crippen LogP contribution in [0.25, 0.3) is 0 Å². The van der Waals surface area contributed by atoms with Crippen molar-refractivity contribution < 1.29 is 22.4 Å². The van der Waals surface area contributed by atoms with Crippen molar-refractivity contribution in [1.29, 1.82) is 0 Å². The predicted octanol–water partition coefficient (Wildman–Crippen LogP) is 3.34. The van der Waals surface area contributed by atoms with E-state index in [-0.39, 0.29) is 28.9 Å². The van der Waals surface area contributed by atoms with Gasteiger partial charge in [-0.3, -0.25) is 14.5 Å². The number of hydrogen-bond donors (Lipinski definition) is 1. The smallest absolute Gasteiger partial charge is 0.284 e. The maximum absolute atomic E-state index is 13.1. The average molecular weight is 462 g/mol. The Kier molecular flexibility index (Phi) is 6.91. The zero-order valence-electron chi connectivity index (χ0n) is 16.6. The van der Waals surface area contributed by atoms with Crippen molar-refractivity contribution in [2.75, 3.05) is 11.9 Å². The molecule has 0 aliphatic carbocycles. The van der Waals surface area contributed by atoms with Crippen LogP contribution < -0.4 is 5.32 Å². The van der Waals surface area contributed by atoms with Gasteiger partial charge in [0.05, 0.1) is 4.90 Å². The molecule has 1 saturated heterocycles. The van der Waals surface area contributed by atoms with Crippen molar-refractivity contribution in [2.24, 2.45) is 4.40 Å². The quantitative estimate of drug-likeness (QED) is 0.638.